The van der Waals surface area contributed by atoms with Crippen molar-refractivity contribution < 1.29 is 19.1 Å². The molecule has 1 unspecified atom stereocenters. The SMILES string of the molecule is CCc1cc(C(=O)N2CCCCC[C@H]2C)nc2cc(-c3ccc(C4CC=C(C(=O)O)CC4)cc3F)nn12. The fourth-order valence-corrected chi connectivity index (χ4v) is 5.58. The Morgan fingerprint density at radius 1 is 1.14 bits per heavy atom. The Hall–Kier alpha value is -3.55. The van der Waals surface area contributed by atoms with E-state index in [0.29, 0.717) is 53.9 Å². The van der Waals surface area contributed by atoms with Gasteiger partial charge in [0.2, 0.25) is 0 Å². The molecule has 0 saturated carbocycles. The number of halogens is 1. The van der Waals surface area contributed by atoms with Crippen molar-refractivity contribution in [1.29, 1.82) is 0 Å². The summed E-state index contributed by atoms with van der Waals surface area (Å²) in [6.07, 6.45) is 8.43. The van der Waals surface area contributed by atoms with Gasteiger partial charge in [0, 0.05) is 35.5 Å². The Morgan fingerprint density at radius 2 is 1.97 bits per heavy atom. The number of hydrogen-bond donors (Lipinski definition) is 1. The number of nitrogens with zero attached hydrogens (tertiary/aromatic N) is 4. The normalized spacial score (nSPS) is 20.5. The molecule has 1 amide bonds. The van der Waals surface area contributed by atoms with Crippen LogP contribution in [0.2, 0.25) is 0 Å². The predicted octanol–water partition coefficient (Wildman–Crippen LogP) is 5.78. The molecule has 0 bridgehead atoms. The van der Waals surface area contributed by atoms with Gasteiger partial charge in [-0.15, -0.1) is 0 Å². The summed E-state index contributed by atoms with van der Waals surface area (Å²) in [4.78, 5) is 31.1. The van der Waals surface area contributed by atoms with Crippen LogP contribution >= 0.6 is 0 Å². The van der Waals surface area contributed by atoms with Crippen LogP contribution in [0.15, 0.2) is 42.0 Å². The first-order valence-electron chi connectivity index (χ1n) is 13.3. The van der Waals surface area contributed by atoms with Crippen LogP contribution in [0.4, 0.5) is 4.39 Å². The van der Waals surface area contributed by atoms with Gasteiger partial charge in [-0.25, -0.2) is 18.7 Å². The number of carbonyl (C=O) groups excluding carboxylic acids is 1. The number of likely N-dealkylation sites (tertiary alicyclic amines) is 1. The van der Waals surface area contributed by atoms with Gasteiger partial charge in [0.25, 0.3) is 5.91 Å². The number of allylic oxidation sites excluding steroid dienone is 1. The lowest BCUT2D eigenvalue weighted by Crippen LogP contribution is -2.38. The Labute approximate surface area is 216 Å². The summed E-state index contributed by atoms with van der Waals surface area (Å²) in [5, 5.41) is 13.8. The third-order valence-corrected chi connectivity index (χ3v) is 7.82. The highest BCUT2D eigenvalue weighted by atomic mass is 19.1. The average Bonchev–Trinajstić information content (AvgIpc) is 3.21. The number of fused-ring (bicyclic) bond motifs is 1. The van der Waals surface area contributed by atoms with Crippen LogP contribution < -0.4 is 0 Å². The largest absolute Gasteiger partial charge is 0.478 e. The minimum absolute atomic E-state index is 0.0579. The minimum Gasteiger partial charge on any atom is -0.478 e. The van der Waals surface area contributed by atoms with E-state index in [-0.39, 0.29) is 23.7 Å². The lowest BCUT2D eigenvalue weighted by atomic mass is 9.84. The molecule has 3 heterocycles. The van der Waals surface area contributed by atoms with Crippen LogP contribution in [0.3, 0.4) is 0 Å². The van der Waals surface area contributed by atoms with Gasteiger partial charge in [0.15, 0.2) is 5.65 Å². The van der Waals surface area contributed by atoms with Crippen molar-refractivity contribution in [3.05, 3.63) is 64.7 Å². The fraction of sp³-hybridized carbons (Fsp3) is 0.448. The molecule has 2 atom stereocenters. The first kappa shape index (κ1) is 25.1. The summed E-state index contributed by atoms with van der Waals surface area (Å²) < 4.78 is 17.0. The van der Waals surface area contributed by atoms with Crippen LogP contribution in [0.1, 0.15) is 86.5 Å². The Morgan fingerprint density at radius 3 is 2.68 bits per heavy atom. The topological polar surface area (TPSA) is 87.8 Å². The van der Waals surface area contributed by atoms with Crippen LogP contribution in [0.5, 0.6) is 0 Å². The van der Waals surface area contributed by atoms with Crippen molar-refractivity contribution in [2.75, 3.05) is 6.54 Å². The van der Waals surface area contributed by atoms with E-state index in [1.165, 1.54) is 6.07 Å². The molecular formula is C29H33FN4O3. The second-order valence-corrected chi connectivity index (χ2v) is 10.2. The van der Waals surface area contributed by atoms with E-state index >= 15 is 4.39 Å². The molecule has 1 fully saturated rings. The van der Waals surface area contributed by atoms with Gasteiger partial charge < -0.3 is 10.0 Å². The summed E-state index contributed by atoms with van der Waals surface area (Å²) in [5.74, 6) is -1.21. The van der Waals surface area contributed by atoms with Crippen LogP contribution in [0.25, 0.3) is 16.9 Å². The van der Waals surface area contributed by atoms with Gasteiger partial charge in [-0.2, -0.15) is 5.10 Å². The molecule has 7 nitrogen and oxygen atoms in total. The van der Waals surface area contributed by atoms with E-state index in [0.717, 1.165) is 43.5 Å². The van der Waals surface area contributed by atoms with Gasteiger partial charge in [-0.1, -0.05) is 31.9 Å². The lowest BCUT2D eigenvalue weighted by Gasteiger charge is -2.27. The molecule has 3 aromatic rings. The maximum Gasteiger partial charge on any atom is 0.331 e. The van der Waals surface area contributed by atoms with E-state index in [2.05, 4.69) is 17.0 Å². The zero-order valence-corrected chi connectivity index (χ0v) is 21.4. The number of amides is 1. The molecule has 1 aromatic carbocycles. The van der Waals surface area contributed by atoms with Crippen molar-refractivity contribution in [1.82, 2.24) is 19.5 Å². The molecule has 37 heavy (non-hydrogen) atoms. The summed E-state index contributed by atoms with van der Waals surface area (Å²) in [5.41, 5.74) is 3.92. The molecule has 0 spiro atoms. The van der Waals surface area contributed by atoms with Crippen LogP contribution in [-0.4, -0.2) is 49.1 Å². The van der Waals surface area contributed by atoms with E-state index in [1.54, 1.807) is 22.7 Å². The maximum atomic E-state index is 15.3. The van der Waals surface area contributed by atoms with Gasteiger partial charge >= 0.3 is 5.97 Å². The number of carboxylic acids is 1. The summed E-state index contributed by atoms with van der Waals surface area (Å²) in [6.45, 7) is 4.84. The second-order valence-electron chi connectivity index (χ2n) is 10.2. The van der Waals surface area contributed by atoms with Gasteiger partial charge in [0.05, 0.1) is 5.69 Å². The third-order valence-electron chi connectivity index (χ3n) is 7.82. The van der Waals surface area contributed by atoms with Crippen molar-refractivity contribution in [2.45, 2.75) is 77.2 Å². The molecule has 2 aliphatic rings. The summed E-state index contributed by atoms with van der Waals surface area (Å²) in [6, 6.07) is 8.90. The average molecular weight is 505 g/mol. The first-order valence-corrected chi connectivity index (χ1v) is 13.3. The Kier molecular flexibility index (Phi) is 7.09. The molecule has 1 saturated heterocycles. The monoisotopic (exact) mass is 504 g/mol. The molecular weight excluding hydrogens is 471 g/mol. The van der Waals surface area contributed by atoms with Crippen LogP contribution in [-0.2, 0) is 11.2 Å². The number of benzene rings is 1. The lowest BCUT2D eigenvalue weighted by molar-refractivity contribution is -0.132. The first-order chi connectivity index (χ1) is 17.9. The predicted molar refractivity (Wildman–Crippen MR) is 139 cm³/mol. The van der Waals surface area contributed by atoms with Crippen molar-refractivity contribution in [2.24, 2.45) is 0 Å². The summed E-state index contributed by atoms with van der Waals surface area (Å²) >= 11 is 0. The van der Waals surface area contributed by atoms with E-state index in [1.807, 2.05) is 24.0 Å². The Bertz CT molecular complexity index is 1380. The van der Waals surface area contributed by atoms with Crippen molar-refractivity contribution in [3.8, 4) is 11.3 Å². The van der Waals surface area contributed by atoms with Gasteiger partial charge in [0.1, 0.15) is 11.5 Å². The standard InChI is InChI=1S/C29H33FN4O3/c1-3-22-16-26(28(35)33-14-6-4-5-7-18(33)2)31-27-17-25(32-34(22)27)23-13-12-21(15-24(23)30)19-8-10-20(11-9-19)29(36)37/h10,12-13,15-19H,3-9,11,14H2,1-2H3,(H,36,37)/t18-,19?/m1/s1. The van der Waals surface area contributed by atoms with E-state index in [9.17, 15) is 14.7 Å². The van der Waals surface area contributed by atoms with E-state index < -0.39 is 5.97 Å². The molecule has 5 rings (SSSR count). The number of hydrogen-bond acceptors (Lipinski definition) is 4. The molecule has 8 heteroatoms. The van der Waals surface area contributed by atoms with Gasteiger partial charge in [-0.3, -0.25) is 4.79 Å². The molecule has 1 aliphatic carbocycles. The number of aliphatic carboxylic acids is 1. The van der Waals surface area contributed by atoms with Crippen molar-refractivity contribution in [3.63, 3.8) is 0 Å². The van der Waals surface area contributed by atoms with E-state index in [4.69, 9.17) is 0 Å². The Balaban J connectivity index is 1.44. The smallest absolute Gasteiger partial charge is 0.331 e. The second kappa shape index (κ2) is 10.4. The molecule has 1 aliphatic heterocycles. The number of carboxylic acid groups (broad SMARTS) is 1. The molecule has 194 valence electrons. The number of aromatic nitrogens is 3. The highest BCUT2D eigenvalue weighted by Gasteiger charge is 2.26. The molecule has 2 aromatic heterocycles. The minimum atomic E-state index is -0.877. The number of carbonyl (C=O) groups is 2. The number of rotatable bonds is 5. The maximum absolute atomic E-state index is 15.3. The fourth-order valence-electron chi connectivity index (χ4n) is 5.58. The molecule has 0 radical (unpaired) electrons. The quantitative estimate of drug-likeness (QED) is 0.476. The van der Waals surface area contributed by atoms with Crippen LogP contribution in [0, 0.1) is 5.82 Å². The van der Waals surface area contributed by atoms with Gasteiger partial charge in [-0.05, 0) is 75.1 Å². The zero-order chi connectivity index (χ0) is 26.1. The third kappa shape index (κ3) is 5.02. The number of aryl methyl sites for hydroxylation is 1. The zero-order valence-electron chi connectivity index (χ0n) is 21.4. The highest BCUT2D eigenvalue weighted by Crippen LogP contribution is 2.34. The molecule has 1 N–H and O–H groups in total. The summed E-state index contributed by atoms with van der Waals surface area (Å²) in [7, 11) is 0. The van der Waals surface area contributed by atoms with Crippen molar-refractivity contribution >= 4 is 17.5 Å². The highest BCUT2D eigenvalue weighted by molar-refractivity contribution is 5.93.